The van der Waals surface area contributed by atoms with E-state index in [0.29, 0.717) is 17.4 Å². The Hall–Kier alpha value is -3.29. The van der Waals surface area contributed by atoms with E-state index in [-0.39, 0.29) is 12.1 Å². The summed E-state index contributed by atoms with van der Waals surface area (Å²) in [5.41, 5.74) is 2.43. The first-order valence-electron chi connectivity index (χ1n) is 8.83. The Morgan fingerprint density at radius 2 is 2.07 bits per heavy atom. The second-order valence-corrected chi connectivity index (χ2v) is 6.75. The van der Waals surface area contributed by atoms with Crippen molar-refractivity contribution in [2.75, 3.05) is 5.32 Å². The van der Waals surface area contributed by atoms with Gasteiger partial charge >= 0.3 is 6.03 Å². The molecule has 1 unspecified atom stereocenters. The van der Waals surface area contributed by atoms with Crippen molar-refractivity contribution in [2.45, 2.75) is 26.3 Å². The van der Waals surface area contributed by atoms with Crippen molar-refractivity contribution in [2.24, 2.45) is 13.0 Å². The van der Waals surface area contributed by atoms with E-state index in [4.69, 9.17) is 0 Å². The van der Waals surface area contributed by atoms with Gasteiger partial charge in [0.1, 0.15) is 0 Å². The molecule has 140 valence electrons. The summed E-state index contributed by atoms with van der Waals surface area (Å²) in [6.07, 6.45) is 4.33. The van der Waals surface area contributed by atoms with Crippen molar-refractivity contribution < 1.29 is 4.79 Å². The van der Waals surface area contributed by atoms with Crippen LogP contribution in [0.3, 0.4) is 0 Å². The van der Waals surface area contributed by atoms with Crippen LogP contribution in [0.5, 0.6) is 0 Å². The average molecular weight is 365 g/mol. The molecule has 2 N–H and O–H groups in total. The van der Waals surface area contributed by atoms with E-state index in [1.54, 1.807) is 19.4 Å². The molecular formula is C19H23N7O. The third-order valence-electron chi connectivity index (χ3n) is 3.99. The summed E-state index contributed by atoms with van der Waals surface area (Å²) in [5.74, 6) is 0.941. The number of benzene rings is 1. The quantitative estimate of drug-likeness (QED) is 0.699. The van der Waals surface area contributed by atoms with Crippen molar-refractivity contribution >= 4 is 11.7 Å². The van der Waals surface area contributed by atoms with Crippen LogP contribution in [0.2, 0.25) is 0 Å². The zero-order valence-corrected chi connectivity index (χ0v) is 15.6. The van der Waals surface area contributed by atoms with E-state index in [9.17, 15) is 4.79 Å². The van der Waals surface area contributed by atoms with E-state index in [1.807, 2.05) is 36.4 Å². The monoisotopic (exact) mass is 365 g/mol. The Bertz CT molecular complexity index is 892. The van der Waals surface area contributed by atoms with E-state index in [2.05, 4.69) is 44.9 Å². The molecule has 0 fully saturated rings. The highest BCUT2D eigenvalue weighted by molar-refractivity contribution is 5.90. The first-order chi connectivity index (χ1) is 13.0. The van der Waals surface area contributed by atoms with E-state index in [1.165, 1.54) is 4.80 Å². The summed E-state index contributed by atoms with van der Waals surface area (Å²) in [6.45, 7) is 4.25. The van der Waals surface area contributed by atoms with Gasteiger partial charge in [0, 0.05) is 23.6 Å². The molecule has 2 aromatic heterocycles. The zero-order chi connectivity index (χ0) is 19.2. The fourth-order valence-corrected chi connectivity index (χ4v) is 2.79. The molecule has 0 saturated carbocycles. The van der Waals surface area contributed by atoms with Crippen LogP contribution in [0.4, 0.5) is 10.5 Å². The van der Waals surface area contributed by atoms with E-state index in [0.717, 1.165) is 17.5 Å². The lowest BCUT2D eigenvalue weighted by molar-refractivity contribution is 0.246. The predicted molar refractivity (Wildman–Crippen MR) is 103 cm³/mol. The maximum atomic E-state index is 12.5. The molecule has 1 atom stereocenters. The van der Waals surface area contributed by atoms with Gasteiger partial charge in [0.15, 0.2) is 0 Å². The Morgan fingerprint density at radius 1 is 1.22 bits per heavy atom. The largest absolute Gasteiger partial charge is 0.331 e. The number of carbonyl (C=O) groups is 1. The van der Waals surface area contributed by atoms with Crippen LogP contribution >= 0.6 is 0 Å². The summed E-state index contributed by atoms with van der Waals surface area (Å²) >= 11 is 0. The number of carbonyl (C=O) groups excluding carboxylic acids is 1. The van der Waals surface area contributed by atoms with Crippen molar-refractivity contribution in [1.29, 1.82) is 0 Å². The molecule has 0 aliphatic carbocycles. The molecule has 0 spiro atoms. The van der Waals surface area contributed by atoms with Gasteiger partial charge in [-0.05, 0) is 41.3 Å². The number of pyridine rings is 1. The molecule has 8 heteroatoms. The van der Waals surface area contributed by atoms with E-state index < -0.39 is 0 Å². The number of rotatable bonds is 6. The van der Waals surface area contributed by atoms with Crippen LogP contribution in [0.15, 0.2) is 48.8 Å². The van der Waals surface area contributed by atoms with Crippen LogP contribution in [0, 0.1) is 5.92 Å². The molecule has 0 bridgehead atoms. The molecule has 2 heterocycles. The summed E-state index contributed by atoms with van der Waals surface area (Å²) < 4.78 is 0. The average Bonchev–Trinajstić information content (AvgIpc) is 3.08. The molecule has 3 rings (SSSR count). The van der Waals surface area contributed by atoms with Gasteiger partial charge in [0.05, 0.1) is 13.1 Å². The first-order valence-corrected chi connectivity index (χ1v) is 8.83. The highest BCUT2D eigenvalue weighted by atomic mass is 16.2. The molecule has 3 aromatic rings. The van der Waals surface area contributed by atoms with Crippen LogP contribution < -0.4 is 10.6 Å². The minimum Gasteiger partial charge on any atom is -0.331 e. The smallest absolute Gasteiger partial charge is 0.319 e. The Balaban J connectivity index is 1.70. The highest BCUT2D eigenvalue weighted by Gasteiger charge is 2.16. The van der Waals surface area contributed by atoms with Crippen molar-refractivity contribution in [3.05, 3.63) is 54.4 Å². The van der Waals surface area contributed by atoms with Gasteiger partial charge in [-0.1, -0.05) is 32.0 Å². The number of nitrogens with zero attached hydrogens (tertiary/aromatic N) is 5. The summed E-state index contributed by atoms with van der Waals surface area (Å²) in [5, 5.41) is 17.9. The van der Waals surface area contributed by atoms with Crippen LogP contribution in [0.1, 0.15) is 31.9 Å². The van der Waals surface area contributed by atoms with Crippen molar-refractivity contribution in [1.82, 2.24) is 30.5 Å². The molecule has 1 aromatic carbocycles. The molecule has 0 aliphatic heterocycles. The molecule has 8 nitrogen and oxygen atoms in total. The fourth-order valence-electron chi connectivity index (χ4n) is 2.79. The SMILES string of the molecule is CC(C)CC(NC(=O)Nc1cccc(-c2nnn(C)n2)c1)c1cccnc1. The summed E-state index contributed by atoms with van der Waals surface area (Å²) in [6, 6.07) is 10.8. The number of aryl methyl sites for hydroxylation is 1. The van der Waals surface area contributed by atoms with Crippen molar-refractivity contribution in [3.8, 4) is 11.4 Å². The number of hydrogen-bond acceptors (Lipinski definition) is 5. The molecule has 0 aliphatic rings. The number of tetrazole rings is 1. The molecular weight excluding hydrogens is 342 g/mol. The Morgan fingerprint density at radius 3 is 2.74 bits per heavy atom. The number of anilines is 1. The van der Waals surface area contributed by atoms with Gasteiger partial charge in [0.2, 0.25) is 5.82 Å². The van der Waals surface area contributed by atoms with Crippen LogP contribution in [0.25, 0.3) is 11.4 Å². The number of urea groups is 1. The van der Waals surface area contributed by atoms with Crippen LogP contribution in [-0.2, 0) is 7.05 Å². The number of nitrogens with one attached hydrogen (secondary N) is 2. The molecule has 0 saturated heterocycles. The minimum atomic E-state index is -0.270. The highest BCUT2D eigenvalue weighted by Crippen LogP contribution is 2.22. The lowest BCUT2D eigenvalue weighted by Gasteiger charge is -2.21. The van der Waals surface area contributed by atoms with Gasteiger partial charge in [-0.25, -0.2) is 4.79 Å². The van der Waals surface area contributed by atoms with Gasteiger partial charge in [-0.15, -0.1) is 10.2 Å². The number of amides is 2. The second-order valence-electron chi connectivity index (χ2n) is 6.75. The first kappa shape index (κ1) is 18.5. The molecule has 27 heavy (non-hydrogen) atoms. The molecule has 2 amide bonds. The van der Waals surface area contributed by atoms with Crippen molar-refractivity contribution in [3.63, 3.8) is 0 Å². The van der Waals surface area contributed by atoms with Crippen LogP contribution in [-0.4, -0.2) is 31.2 Å². The Labute approximate surface area is 158 Å². The maximum Gasteiger partial charge on any atom is 0.319 e. The third-order valence-corrected chi connectivity index (χ3v) is 3.99. The van der Waals surface area contributed by atoms with Gasteiger partial charge in [-0.2, -0.15) is 4.80 Å². The molecule has 0 radical (unpaired) electrons. The van der Waals surface area contributed by atoms with Gasteiger partial charge in [0.25, 0.3) is 0 Å². The van der Waals surface area contributed by atoms with Gasteiger partial charge < -0.3 is 10.6 Å². The lowest BCUT2D eigenvalue weighted by Crippen LogP contribution is -2.33. The van der Waals surface area contributed by atoms with Gasteiger partial charge in [-0.3, -0.25) is 4.98 Å². The standard InChI is InChI=1S/C19H23N7O/c1-13(2)10-17(15-7-5-9-20-12-15)22-19(27)21-16-8-4-6-14(11-16)18-23-25-26(3)24-18/h4-9,11-13,17H,10H2,1-3H3,(H2,21,22,27). The number of aromatic nitrogens is 5. The second kappa shape index (κ2) is 8.39. The number of hydrogen-bond donors (Lipinski definition) is 2. The zero-order valence-electron chi connectivity index (χ0n) is 15.6. The maximum absolute atomic E-state index is 12.5. The summed E-state index contributed by atoms with van der Waals surface area (Å²) in [7, 11) is 1.71. The minimum absolute atomic E-state index is 0.108. The Kier molecular flexibility index (Phi) is 5.75. The topological polar surface area (TPSA) is 97.6 Å². The fraction of sp³-hybridized carbons (Fsp3) is 0.316. The lowest BCUT2D eigenvalue weighted by atomic mass is 9.98. The summed E-state index contributed by atoms with van der Waals surface area (Å²) in [4.78, 5) is 18.1. The van der Waals surface area contributed by atoms with E-state index >= 15 is 0 Å². The third kappa shape index (κ3) is 5.10. The predicted octanol–water partition coefficient (Wildman–Crippen LogP) is 3.18. The normalized spacial score (nSPS) is 12.0.